The average molecular weight is 225 g/mol. The molecule has 2 N–H and O–H groups in total. The van der Waals surface area contributed by atoms with Gasteiger partial charge >= 0.3 is 0 Å². The fourth-order valence-corrected chi connectivity index (χ4v) is 3.37. The quantitative estimate of drug-likeness (QED) is 0.705. The second-order valence-corrected chi connectivity index (χ2v) is 5.03. The molecule has 2 heterocycles. The molecule has 0 spiro atoms. The van der Waals surface area contributed by atoms with E-state index in [-0.39, 0.29) is 0 Å². The summed E-state index contributed by atoms with van der Waals surface area (Å²) in [7, 11) is 0. The minimum absolute atomic E-state index is 0.628. The van der Waals surface area contributed by atoms with Gasteiger partial charge in [0.2, 0.25) is 0 Å². The van der Waals surface area contributed by atoms with Crippen molar-refractivity contribution >= 4 is 5.57 Å². The van der Waals surface area contributed by atoms with Gasteiger partial charge in [-0.25, -0.2) is 5.43 Å². The van der Waals surface area contributed by atoms with Crippen molar-refractivity contribution in [2.75, 3.05) is 6.54 Å². The molecule has 0 aromatic carbocycles. The maximum atomic E-state index is 4.28. The van der Waals surface area contributed by atoms with Crippen molar-refractivity contribution in [2.24, 2.45) is 11.8 Å². The molecule has 1 saturated heterocycles. The average Bonchev–Trinajstić information content (AvgIpc) is 2.86. The van der Waals surface area contributed by atoms with Gasteiger partial charge in [0, 0.05) is 30.6 Å². The largest absolute Gasteiger partial charge is 0.325 e. The molecular weight excluding hydrogens is 210 g/mol. The van der Waals surface area contributed by atoms with Crippen LogP contribution in [0.5, 0.6) is 0 Å². The van der Waals surface area contributed by atoms with Gasteiger partial charge in [-0.05, 0) is 47.6 Å². The molecule has 3 aliphatic rings. The summed E-state index contributed by atoms with van der Waals surface area (Å²) >= 11 is 0. The highest BCUT2D eigenvalue weighted by molar-refractivity contribution is 5.74. The van der Waals surface area contributed by atoms with Gasteiger partial charge in [0.05, 0.1) is 0 Å². The standard InChI is InChI=1S/C14H15N3/c1-2-11-10(12-7-15-6-5-9(1)12)3-4-14-13(11)8-16-17-14/h3-7,11,13,16-17H,1-2,8H2. The van der Waals surface area contributed by atoms with E-state index in [1.165, 1.54) is 35.2 Å². The van der Waals surface area contributed by atoms with Crippen molar-refractivity contribution in [2.45, 2.75) is 12.8 Å². The van der Waals surface area contributed by atoms with Crippen molar-refractivity contribution in [3.8, 4) is 0 Å². The highest BCUT2D eigenvalue weighted by Crippen LogP contribution is 2.44. The Kier molecular flexibility index (Phi) is 1.91. The third kappa shape index (κ3) is 1.29. The lowest BCUT2D eigenvalue weighted by molar-refractivity contribution is 0.449. The van der Waals surface area contributed by atoms with Crippen LogP contribution in [-0.2, 0) is 6.42 Å². The van der Waals surface area contributed by atoms with E-state index in [2.05, 4.69) is 34.1 Å². The summed E-state index contributed by atoms with van der Waals surface area (Å²) in [5.74, 6) is 1.29. The number of pyridine rings is 1. The summed E-state index contributed by atoms with van der Waals surface area (Å²) in [4.78, 5) is 4.28. The van der Waals surface area contributed by atoms with E-state index in [0.717, 1.165) is 6.54 Å². The third-order valence-corrected chi connectivity index (χ3v) is 4.23. The van der Waals surface area contributed by atoms with Gasteiger partial charge in [-0.2, -0.15) is 0 Å². The van der Waals surface area contributed by atoms with Gasteiger partial charge < -0.3 is 5.43 Å². The molecule has 2 aliphatic carbocycles. The van der Waals surface area contributed by atoms with Crippen LogP contribution in [0.4, 0.5) is 0 Å². The maximum absolute atomic E-state index is 4.28. The van der Waals surface area contributed by atoms with E-state index < -0.39 is 0 Å². The summed E-state index contributed by atoms with van der Waals surface area (Å²) in [6.07, 6.45) is 10.9. The Morgan fingerprint density at radius 2 is 2.24 bits per heavy atom. The first kappa shape index (κ1) is 9.42. The second-order valence-electron chi connectivity index (χ2n) is 5.03. The predicted molar refractivity (Wildman–Crippen MR) is 66.7 cm³/mol. The van der Waals surface area contributed by atoms with Crippen molar-refractivity contribution in [3.63, 3.8) is 0 Å². The Labute approximate surface area is 101 Å². The molecule has 0 saturated carbocycles. The van der Waals surface area contributed by atoms with E-state index >= 15 is 0 Å². The molecule has 2 atom stereocenters. The minimum Gasteiger partial charge on any atom is -0.325 e. The summed E-state index contributed by atoms with van der Waals surface area (Å²) in [5.41, 5.74) is 12.2. The van der Waals surface area contributed by atoms with Crippen molar-refractivity contribution in [1.82, 2.24) is 15.8 Å². The van der Waals surface area contributed by atoms with Crippen LogP contribution in [0.2, 0.25) is 0 Å². The molecule has 0 radical (unpaired) electrons. The van der Waals surface area contributed by atoms with Crippen LogP contribution >= 0.6 is 0 Å². The Hall–Kier alpha value is -1.61. The number of fused-ring (bicyclic) bond motifs is 5. The van der Waals surface area contributed by atoms with E-state index in [4.69, 9.17) is 0 Å². The van der Waals surface area contributed by atoms with Crippen LogP contribution in [0.25, 0.3) is 5.57 Å². The normalized spacial score (nSPS) is 29.4. The number of aromatic nitrogens is 1. The molecule has 0 bridgehead atoms. The van der Waals surface area contributed by atoms with Crippen LogP contribution in [0.15, 0.2) is 36.3 Å². The third-order valence-electron chi connectivity index (χ3n) is 4.23. The van der Waals surface area contributed by atoms with Gasteiger partial charge in [0.15, 0.2) is 0 Å². The second kappa shape index (κ2) is 3.44. The zero-order valence-electron chi connectivity index (χ0n) is 9.61. The molecule has 1 aliphatic heterocycles. The predicted octanol–water partition coefficient (Wildman–Crippen LogP) is 1.65. The Bertz CT molecular complexity index is 530. The topological polar surface area (TPSA) is 37.0 Å². The lowest BCUT2D eigenvalue weighted by Crippen LogP contribution is -2.26. The number of aryl methyl sites for hydroxylation is 1. The first-order valence-corrected chi connectivity index (χ1v) is 6.27. The van der Waals surface area contributed by atoms with Crippen molar-refractivity contribution in [3.05, 3.63) is 47.4 Å². The Balaban J connectivity index is 1.84. The maximum Gasteiger partial charge on any atom is 0.0345 e. The molecule has 1 aromatic rings. The number of nitrogens with zero attached hydrogens (tertiary/aromatic N) is 1. The van der Waals surface area contributed by atoms with Gasteiger partial charge in [-0.3, -0.25) is 4.98 Å². The molecule has 1 fully saturated rings. The van der Waals surface area contributed by atoms with E-state index in [9.17, 15) is 0 Å². The molecule has 0 amide bonds. The van der Waals surface area contributed by atoms with Crippen LogP contribution in [0.1, 0.15) is 17.5 Å². The lowest BCUT2D eigenvalue weighted by atomic mass is 9.71. The van der Waals surface area contributed by atoms with Crippen LogP contribution in [-0.4, -0.2) is 11.5 Å². The molecule has 3 heteroatoms. The van der Waals surface area contributed by atoms with E-state index in [0.29, 0.717) is 11.8 Å². The molecule has 4 rings (SSSR count). The van der Waals surface area contributed by atoms with Crippen molar-refractivity contribution in [1.29, 1.82) is 0 Å². The van der Waals surface area contributed by atoms with Crippen molar-refractivity contribution < 1.29 is 0 Å². The molecule has 2 unspecified atom stereocenters. The Morgan fingerprint density at radius 1 is 1.24 bits per heavy atom. The number of nitrogens with one attached hydrogen (secondary N) is 2. The smallest absolute Gasteiger partial charge is 0.0345 e. The highest BCUT2D eigenvalue weighted by Gasteiger charge is 2.36. The van der Waals surface area contributed by atoms with Crippen LogP contribution < -0.4 is 10.9 Å². The fourth-order valence-electron chi connectivity index (χ4n) is 3.37. The SMILES string of the molecule is C1=C2NNCC2C2CCc3ccncc3C2=C1. The van der Waals surface area contributed by atoms with Gasteiger partial charge in [-0.15, -0.1) is 0 Å². The monoisotopic (exact) mass is 225 g/mol. The number of hydrogen-bond acceptors (Lipinski definition) is 3. The van der Waals surface area contributed by atoms with E-state index in [1.807, 2.05) is 12.4 Å². The van der Waals surface area contributed by atoms with Gasteiger partial charge in [-0.1, -0.05) is 6.08 Å². The highest BCUT2D eigenvalue weighted by atomic mass is 15.4. The summed E-state index contributed by atoms with van der Waals surface area (Å²) < 4.78 is 0. The van der Waals surface area contributed by atoms with Crippen LogP contribution in [0.3, 0.4) is 0 Å². The van der Waals surface area contributed by atoms with Crippen LogP contribution in [0, 0.1) is 11.8 Å². The summed E-state index contributed by atoms with van der Waals surface area (Å²) in [6.45, 7) is 1.05. The lowest BCUT2D eigenvalue weighted by Gasteiger charge is -2.33. The zero-order chi connectivity index (χ0) is 11.2. The van der Waals surface area contributed by atoms with Gasteiger partial charge in [0.25, 0.3) is 0 Å². The molecule has 17 heavy (non-hydrogen) atoms. The summed E-state index contributed by atoms with van der Waals surface area (Å²) in [5, 5.41) is 0. The number of rotatable bonds is 0. The molecular formula is C14H15N3. The van der Waals surface area contributed by atoms with Gasteiger partial charge in [0.1, 0.15) is 0 Å². The van der Waals surface area contributed by atoms with E-state index in [1.54, 1.807) is 0 Å². The minimum atomic E-state index is 0.628. The number of hydrogen-bond donors (Lipinski definition) is 2. The number of allylic oxidation sites excluding steroid dienone is 3. The fraction of sp³-hybridized carbons (Fsp3) is 0.357. The molecule has 1 aromatic heterocycles. The number of hydrazine groups is 1. The summed E-state index contributed by atoms with van der Waals surface area (Å²) in [6, 6.07) is 2.16. The molecule has 86 valence electrons. The Morgan fingerprint density at radius 3 is 3.24 bits per heavy atom. The zero-order valence-corrected chi connectivity index (χ0v) is 9.61. The molecule has 3 nitrogen and oxygen atoms in total. The first-order valence-electron chi connectivity index (χ1n) is 6.27. The first-order chi connectivity index (χ1) is 8.43.